The van der Waals surface area contributed by atoms with Crippen molar-refractivity contribution in [1.29, 1.82) is 0 Å². The van der Waals surface area contributed by atoms with Crippen molar-refractivity contribution in [3.8, 4) is 0 Å². The van der Waals surface area contributed by atoms with Crippen molar-refractivity contribution >= 4 is 15.0 Å². The van der Waals surface area contributed by atoms with Gasteiger partial charge in [-0.1, -0.05) is 6.58 Å². The van der Waals surface area contributed by atoms with Crippen molar-refractivity contribution in [2.75, 3.05) is 19.8 Å². The summed E-state index contributed by atoms with van der Waals surface area (Å²) in [5, 5.41) is 0. The molecule has 0 saturated heterocycles. The highest BCUT2D eigenvalue weighted by Crippen LogP contribution is 2.13. The van der Waals surface area contributed by atoms with E-state index in [1.807, 2.05) is 0 Å². The van der Waals surface area contributed by atoms with Gasteiger partial charge in [0.05, 0.1) is 0 Å². The molecular weight excluding hydrogens is 228 g/mol. The van der Waals surface area contributed by atoms with E-state index in [-0.39, 0.29) is 5.57 Å². The van der Waals surface area contributed by atoms with Gasteiger partial charge in [-0.2, -0.15) is 0 Å². The van der Waals surface area contributed by atoms with E-state index < -0.39 is 15.0 Å². The lowest BCUT2D eigenvalue weighted by atomic mass is 10.4. The van der Waals surface area contributed by atoms with Crippen molar-refractivity contribution in [2.24, 2.45) is 0 Å². The molecule has 0 aliphatic rings. The third kappa shape index (κ3) is 4.89. The third-order valence-corrected chi connectivity index (χ3v) is 3.89. The van der Waals surface area contributed by atoms with Crippen LogP contribution in [0.3, 0.4) is 0 Å². The van der Waals surface area contributed by atoms with E-state index in [9.17, 15) is 4.79 Å². The summed E-state index contributed by atoms with van der Waals surface area (Å²) in [6.45, 7) is 11.5. The fourth-order valence-electron chi connectivity index (χ4n) is 0.944. The zero-order valence-electron chi connectivity index (χ0n) is 10.4. The van der Waals surface area contributed by atoms with Crippen LogP contribution in [0.2, 0.25) is 0 Å². The third-order valence-electron chi connectivity index (χ3n) is 1.53. The molecule has 0 aromatic heterocycles. The Morgan fingerprint density at radius 1 is 1.06 bits per heavy atom. The summed E-state index contributed by atoms with van der Waals surface area (Å²) >= 11 is 0. The van der Waals surface area contributed by atoms with Gasteiger partial charge in [0, 0.05) is 25.4 Å². The quantitative estimate of drug-likeness (QED) is 0.483. The predicted octanol–water partition coefficient (Wildman–Crippen LogP) is 1.65. The Labute approximate surface area is 97.8 Å². The molecule has 5 nitrogen and oxygen atoms in total. The smallest absolute Gasteiger partial charge is 0.448 e. The maximum atomic E-state index is 11.5. The normalized spacial score (nSPS) is 11.2. The summed E-state index contributed by atoms with van der Waals surface area (Å²) in [5.41, 5.74) is 0.288. The van der Waals surface area contributed by atoms with Gasteiger partial charge >= 0.3 is 15.0 Å². The Morgan fingerprint density at radius 3 is 1.69 bits per heavy atom. The standard InChI is InChI=1S/C10H20O5Si/c1-6-12-16(13-7-2,14-8-3)15-10(11)9(4)5/h4,6-8H2,1-3,5H3. The second kappa shape index (κ2) is 7.56. The molecule has 0 unspecified atom stereocenters. The van der Waals surface area contributed by atoms with Crippen LogP contribution in [-0.4, -0.2) is 34.8 Å². The summed E-state index contributed by atoms with van der Waals surface area (Å²) < 4.78 is 21.2. The van der Waals surface area contributed by atoms with E-state index in [1.165, 1.54) is 0 Å². The molecule has 0 aliphatic heterocycles. The van der Waals surface area contributed by atoms with Gasteiger partial charge in [-0.25, -0.2) is 4.79 Å². The molecule has 0 atom stereocenters. The zero-order chi connectivity index (χ0) is 12.6. The van der Waals surface area contributed by atoms with Gasteiger partial charge < -0.3 is 17.7 Å². The minimum Gasteiger partial charge on any atom is -0.448 e. The monoisotopic (exact) mass is 248 g/mol. The number of carbonyl (C=O) groups excluding carboxylic acids is 1. The molecule has 0 amide bonds. The fraction of sp³-hybridized carbons (Fsp3) is 0.700. The predicted molar refractivity (Wildman–Crippen MR) is 61.5 cm³/mol. The molecule has 0 aromatic rings. The van der Waals surface area contributed by atoms with Crippen molar-refractivity contribution in [3.05, 3.63) is 12.2 Å². The van der Waals surface area contributed by atoms with Crippen LogP contribution in [0.15, 0.2) is 12.2 Å². The lowest BCUT2D eigenvalue weighted by molar-refractivity contribution is -0.140. The van der Waals surface area contributed by atoms with Crippen molar-refractivity contribution in [2.45, 2.75) is 27.7 Å². The van der Waals surface area contributed by atoms with Gasteiger partial charge in [-0.3, -0.25) is 0 Å². The van der Waals surface area contributed by atoms with E-state index in [4.69, 9.17) is 17.7 Å². The van der Waals surface area contributed by atoms with Crippen LogP contribution in [0, 0.1) is 0 Å². The van der Waals surface area contributed by atoms with Crippen LogP contribution in [-0.2, 0) is 22.5 Å². The van der Waals surface area contributed by atoms with E-state index >= 15 is 0 Å². The lowest BCUT2D eigenvalue weighted by Crippen LogP contribution is -2.50. The minimum atomic E-state index is -3.33. The first-order chi connectivity index (χ1) is 7.51. The SMILES string of the molecule is C=C(C)C(=O)O[Si](OCC)(OCC)OCC. The van der Waals surface area contributed by atoms with Gasteiger partial charge in [0.1, 0.15) is 0 Å². The summed E-state index contributed by atoms with van der Waals surface area (Å²) in [5.74, 6) is -0.554. The van der Waals surface area contributed by atoms with Gasteiger partial charge in [-0.05, 0) is 27.7 Å². The molecule has 0 radical (unpaired) electrons. The molecular formula is C10H20O5Si. The van der Waals surface area contributed by atoms with Crippen molar-refractivity contribution in [1.82, 2.24) is 0 Å². The number of hydrogen-bond donors (Lipinski definition) is 0. The Balaban J connectivity index is 4.71. The second-order valence-electron chi connectivity index (χ2n) is 2.97. The summed E-state index contributed by atoms with van der Waals surface area (Å²) in [6, 6.07) is 0. The zero-order valence-corrected chi connectivity index (χ0v) is 11.4. The number of carbonyl (C=O) groups is 1. The molecule has 0 aliphatic carbocycles. The topological polar surface area (TPSA) is 54.0 Å². The van der Waals surface area contributed by atoms with Crippen LogP contribution < -0.4 is 0 Å². The maximum absolute atomic E-state index is 11.5. The van der Waals surface area contributed by atoms with Crippen molar-refractivity contribution in [3.63, 3.8) is 0 Å². The van der Waals surface area contributed by atoms with E-state index in [1.54, 1.807) is 27.7 Å². The van der Waals surface area contributed by atoms with Crippen LogP contribution in [0.25, 0.3) is 0 Å². The fourth-order valence-corrected chi connectivity index (χ4v) is 2.83. The molecule has 0 rings (SSSR count). The van der Waals surface area contributed by atoms with Crippen molar-refractivity contribution < 1.29 is 22.5 Å². The molecule has 16 heavy (non-hydrogen) atoms. The average molecular weight is 248 g/mol. The van der Waals surface area contributed by atoms with Crippen LogP contribution >= 0.6 is 0 Å². The maximum Gasteiger partial charge on any atom is 0.751 e. The highest BCUT2D eigenvalue weighted by Gasteiger charge is 2.49. The second-order valence-corrected chi connectivity index (χ2v) is 5.04. The van der Waals surface area contributed by atoms with E-state index in [0.717, 1.165) is 0 Å². The lowest BCUT2D eigenvalue weighted by Gasteiger charge is -2.25. The Hall–Kier alpha value is -0.693. The van der Waals surface area contributed by atoms with Gasteiger partial charge in [0.15, 0.2) is 0 Å². The molecule has 0 heterocycles. The minimum absolute atomic E-state index is 0.288. The highest BCUT2D eigenvalue weighted by atomic mass is 28.4. The molecule has 0 saturated carbocycles. The van der Waals surface area contributed by atoms with Gasteiger partial charge in [-0.15, -0.1) is 0 Å². The molecule has 0 N–H and O–H groups in total. The van der Waals surface area contributed by atoms with Gasteiger partial charge in [0.2, 0.25) is 0 Å². The first kappa shape index (κ1) is 15.3. The molecule has 94 valence electrons. The summed E-state index contributed by atoms with van der Waals surface area (Å²) in [6.07, 6.45) is 0. The Bertz CT molecular complexity index is 224. The number of rotatable bonds is 8. The van der Waals surface area contributed by atoms with Crippen LogP contribution in [0.4, 0.5) is 0 Å². The van der Waals surface area contributed by atoms with E-state index in [0.29, 0.717) is 19.8 Å². The molecule has 0 aromatic carbocycles. The van der Waals surface area contributed by atoms with Crippen LogP contribution in [0.5, 0.6) is 0 Å². The Morgan fingerprint density at radius 2 is 1.44 bits per heavy atom. The molecule has 0 bridgehead atoms. The highest BCUT2D eigenvalue weighted by molar-refractivity contribution is 6.55. The summed E-state index contributed by atoms with van der Waals surface area (Å²) in [7, 11) is -3.33. The average Bonchev–Trinajstić information content (AvgIpc) is 2.18. The molecule has 0 fully saturated rings. The number of hydrogen-bond acceptors (Lipinski definition) is 5. The molecule has 6 heteroatoms. The van der Waals surface area contributed by atoms with Gasteiger partial charge in [0.25, 0.3) is 0 Å². The first-order valence-corrected chi connectivity index (χ1v) is 6.95. The summed E-state index contributed by atoms with van der Waals surface area (Å²) in [4.78, 5) is 11.5. The largest absolute Gasteiger partial charge is 0.751 e. The molecule has 0 spiro atoms. The Kier molecular flexibility index (Phi) is 7.23. The van der Waals surface area contributed by atoms with E-state index in [2.05, 4.69) is 6.58 Å². The first-order valence-electron chi connectivity index (χ1n) is 5.32. The van der Waals surface area contributed by atoms with Crippen LogP contribution in [0.1, 0.15) is 27.7 Å².